The molecule has 0 unspecified atom stereocenters. The van der Waals surface area contributed by atoms with Crippen LogP contribution in [0.5, 0.6) is 5.75 Å². The van der Waals surface area contributed by atoms with Crippen molar-refractivity contribution in [2.24, 2.45) is 0 Å². The van der Waals surface area contributed by atoms with Gasteiger partial charge in [0.1, 0.15) is 12.4 Å². The lowest BCUT2D eigenvalue weighted by molar-refractivity contribution is -0.113. The van der Waals surface area contributed by atoms with Gasteiger partial charge in [-0.05, 0) is 73.2 Å². The molecule has 1 aliphatic rings. The number of H-pyrrole nitrogens is 1. The summed E-state index contributed by atoms with van der Waals surface area (Å²) in [5, 5.41) is 11.1. The fourth-order valence-electron chi connectivity index (χ4n) is 3.24. The molecule has 4 rings (SSSR count). The lowest BCUT2D eigenvalue weighted by Gasteiger charge is -2.06. The topological polar surface area (TPSA) is 79.9 Å². The molecule has 1 amide bonds. The Morgan fingerprint density at radius 1 is 1.24 bits per heavy atom. The fraction of sp³-hybridized carbons (Fsp3) is 0.286. The summed E-state index contributed by atoms with van der Waals surface area (Å²) < 4.78 is 5.70. The van der Waals surface area contributed by atoms with Gasteiger partial charge < -0.3 is 10.1 Å². The van der Waals surface area contributed by atoms with Crippen LogP contribution in [0.2, 0.25) is 5.02 Å². The minimum absolute atomic E-state index is 0.0767. The molecule has 0 spiro atoms. The van der Waals surface area contributed by atoms with Gasteiger partial charge in [0, 0.05) is 10.7 Å². The first kappa shape index (κ1) is 19.8. The molecule has 2 aromatic carbocycles. The average Bonchev–Trinajstić information content (AvgIpc) is 3.36. The fourth-order valence-corrected chi connectivity index (χ4v) is 3.98. The number of hydrogen-bond acceptors (Lipinski definition) is 5. The summed E-state index contributed by atoms with van der Waals surface area (Å²) in [6, 6.07) is 11.6. The van der Waals surface area contributed by atoms with E-state index in [9.17, 15) is 4.79 Å². The van der Waals surface area contributed by atoms with Gasteiger partial charge in [0.2, 0.25) is 11.1 Å². The maximum absolute atomic E-state index is 12.2. The number of anilines is 1. The Morgan fingerprint density at radius 3 is 2.97 bits per heavy atom. The monoisotopic (exact) mass is 428 g/mol. The summed E-state index contributed by atoms with van der Waals surface area (Å²) in [6.45, 7) is 2.18. The van der Waals surface area contributed by atoms with Crippen LogP contribution >= 0.6 is 23.4 Å². The second-order valence-electron chi connectivity index (χ2n) is 6.94. The van der Waals surface area contributed by atoms with Crippen LogP contribution in [0.25, 0.3) is 0 Å². The predicted molar refractivity (Wildman–Crippen MR) is 115 cm³/mol. The number of aromatic nitrogens is 3. The maximum Gasteiger partial charge on any atom is 0.234 e. The molecule has 2 N–H and O–H groups in total. The van der Waals surface area contributed by atoms with Gasteiger partial charge in [-0.2, -0.15) is 0 Å². The van der Waals surface area contributed by atoms with Crippen molar-refractivity contribution in [2.75, 3.05) is 11.1 Å². The van der Waals surface area contributed by atoms with Crippen molar-refractivity contribution in [1.82, 2.24) is 15.2 Å². The highest BCUT2D eigenvalue weighted by molar-refractivity contribution is 7.99. The smallest absolute Gasteiger partial charge is 0.234 e. The molecule has 1 heterocycles. The SMILES string of the molecule is Cc1cc(OCc2nc(SCC(=O)Nc3ccc4c(c3)CCC4)n[nH]2)ccc1Cl. The summed E-state index contributed by atoms with van der Waals surface area (Å²) in [7, 11) is 0. The highest BCUT2D eigenvalue weighted by Gasteiger charge is 2.13. The number of amides is 1. The van der Waals surface area contributed by atoms with Crippen LogP contribution in [-0.4, -0.2) is 26.8 Å². The van der Waals surface area contributed by atoms with Crippen LogP contribution in [0.15, 0.2) is 41.6 Å². The number of thioether (sulfide) groups is 1. The molecule has 0 bridgehead atoms. The van der Waals surface area contributed by atoms with Crippen LogP contribution < -0.4 is 10.1 Å². The normalized spacial score (nSPS) is 12.6. The molecular weight excluding hydrogens is 408 g/mol. The van der Waals surface area contributed by atoms with Crippen molar-refractivity contribution in [3.05, 3.63) is 63.9 Å². The number of aromatic amines is 1. The zero-order chi connectivity index (χ0) is 20.2. The zero-order valence-corrected chi connectivity index (χ0v) is 17.6. The van der Waals surface area contributed by atoms with Crippen molar-refractivity contribution in [2.45, 2.75) is 37.9 Å². The van der Waals surface area contributed by atoms with Gasteiger partial charge in [-0.25, -0.2) is 4.98 Å². The number of nitrogens with one attached hydrogen (secondary N) is 2. The molecule has 150 valence electrons. The first-order valence-electron chi connectivity index (χ1n) is 9.41. The molecule has 8 heteroatoms. The molecule has 0 saturated carbocycles. The van der Waals surface area contributed by atoms with Crippen LogP contribution in [0, 0.1) is 6.92 Å². The van der Waals surface area contributed by atoms with E-state index in [4.69, 9.17) is 16.3 Å². The van der Waals surface area contributed by atoms with Crippen molar-refractivity contribution in [3.8, 4) is 5.75 Å². The van der Waals surface area contributed by atoms with Crippen molar-refractivity contribution >= 4 is 35.0 Å². The minimum atomic E-state index is -0.0767. The van der Waals surface area contributed by atoms with E-state index in [2.05, 4.69) is 32.6 Å². The summed E-state index contributed by atoms with van der Waals surface area (Å²) >= 11 is 7.30. The number of aryl methyl sites for hydroxylation is 3. The summed E-state index contributed by atoms with van der Waals surface area (Å²) in [5.74, 6) is 1.48. The number of halogens is 1. The Morgan fingerprint density at radius 2 is 2.10 bits per heavy atom. The van der Waals surface area contributed by atoms with Gasteiger partial charge in [0.05, 0.1) is 5.75 Å². The molecule has 0 atom stereocenters. The van der Waals surface area contributed by atoms with E-state index < -0.39 is 0 Å². The number of hydrogen-bond donors (Lipinski definition) is 2. The molecule has 1 aromatic heterocycles. The van der Waals surface area contributed by atoms with Gasteiger partial charge in [0.25, 0.3) is 0 Å². The van der Waals surface area contributed by atoms with Crippen LogP contribution in [0.4, 0.5) is 5.69 Å². The van der Waals surface area contributed by atoms with E-state index in [1.807, 2.05) is 25.1 Å². The third-order valence-corrected chi connectivity index (χ3v) is 6.00. The van der Waals surface area contributed by atoms with Gasteiger partial charge in [-0.15, -0.1) is 5.10 Å². The number of carbonyl (C=O) groups is 1. The summed E-state index contributed by atoms with van der Waals surface area (Å²) in [4.78, 5) is 16.6. The standard InChI is InChI=1S/C21H21ClN4O2S/c1-13-9-17(7-8-18(13)22)28-11-19-24-21(26-25-19)29-12-20(27)23-16-6-5-14-3-2-4-15(14)10-16/h5-10H,2-4,11-12H2,1H3,(H,23,27)(H,24,25,26). The van der Waals surface area contributed by atoms with E-state index in [1.165, 1.54) is 29.3 Å². The van der Waals surface area contributed by atoms with Crippen molar-refractivity contribution < 1.29 is 9.53 Å². The number of carbonyl (C=O) groups excluding carboxylic acids is 1. The molecule has 1 aliphatic carbocycles. The predicted octanol–water partition coefficient (Wildman–Crippen LogP) is 4.57. The second-order valence-corrected chi connectivity index (χ2v) is 8.29. The molecule has 0 aliphatic heterocycles. The van der Waals surface area contributed by atoms with Crippen LogP contribution in [0.3, 0.4) is 0 Å². The number of fused-ring (bicyclic) bond motifs is 1. The van der Waals surface area contributed by atoms with E-state index in [0.29, 0.717) is 21.8 Å². The minimum Gasteiger partial charge on any atom is -0.486 e. The Kier molecular flexibility index (Phi) is 6.06. The first-order chi connectivity index (χ1) is 14.1. The van der Waals surface area contributed by atoms with Gasteiger partial charge in [-0.1, -0.05) is 29.4 Å². The van der Waals surface area contributed by atoms with Gasteiger partial charge >= 0.3 is 0 Å². The Hall–Kier alpha value is -2.51. The van der Waals surface area contributed by atoms with E-state index in [1.54, 1.807) is 6.07 Å². The number of rotatable bonds is 7. The molecule has 29 heavy (non-hydrogen) atoms. The van der Waals surface area contributed by atoms with Gasteiger partial charge in [0.15, 0.2) is 5.82 Å². The number of nitrogens with zero attached hydrogens (tertiary/aromatic N) is 2. The maximum atomic E-state index is 12.2. The Balaban J connectivity index is 1.25. The third kappa shape index (κ3) is 5.10. The lowest BCUT2D eigenvalue weighted by atomic mass is 10.1. The molecule has 0 radical (unpaired) electrons. The Labute approximate surface area is 178 Å². The highest BCUT2D eigenvalue weighted by atomic mass is 35.5. The summed E-state index contributed by atoms with van der Waals surface area (Å²) in [6.07, 6.45) is 3.41. The van der Waals surface area contributed by atoms with Crippen LogP contribution in [0.1, 0.15) is 28.9 Å². The lowest BCUT2D eigenvalue weighted by Crippen LogP contribution is -2.14. The van der Waals surface area contributed by atoms with Crippen molar-refractivity contribution in [3.63, 3.8) is 0 Å². The largest absolute Gasteiger partial charge is 0.486 e. The van der Waals surface area contributed by atoms with E-state index in [0.717, 1.165) is 24.1 Å². The molecule has 0 fully saturated rings. The van der Waals surface area contributed by atoms with Crippen molar-refractivity contribution in [1.29, 1.82) is 0 Å². The zero-order valence-electron chi connectivity index (χ0n) is 16.0. The average molecular weight is 429 g/mol. The molecule has 6 nitrogen and oxygen atoms in total. The molecule has 3 aromatic rings. The first-order valence-corrected chi connectivity index (χ1v) is 10.8. The summed E-state index contributed by atoms with van der Waals surface area (Å²) in [5.41, 5.74) is 4.53. The molecular formula is C21H21ClN4O2S. The van der Waals surface area contributed by atoms with E-state index in [-0.39, 0.29) is 18.3 Å². The molecule has 0 saturated heterocycles. The number of ether oxygens (including phenoxy) is 1. The van der Waals surface area contributed by atoms with Gasteiger partial charge in [-0.3, -0.25) is 9.89 Å². The third-order valence-electron chi connectivity index (χ3n) is 4.73. The van der Waals surface area contributed by atoms with E-state index >= 15 is 0 Å². The quantitative estimate of drug-likeness (QED) is 0.539. The second kappa shape index (κ2) is 8.88. The van der Waals surface area contributed by atoms with Crippen LogP contribution in [-0.2, 0) is 24.2 Å². The highest BCUT2D eigenvalue weighted by Crippen LogP contribution is 2.25. The Bertz CT molecular complexity index is 1040. The number of benzene rings is 2.